The van der Waals surface area contributed by atoms with Gasteiger partial charge in [-0.1, -0.05) is 121 Å². The van der Waals surface area contributed by atoms with Crippen LogP contribution in [-0.4, -0.2) is 15.0 Å². The molecule has 1 aliphatic carbocycles. The molecular formula is C41H27N3O. The van der Waals surface area contributed by atoms with Crippen molar-refractivity contribution in [2.45, 2.75) is 12.8 Å². The molecule has 8 aromatic rings. The molecule has 0 saturated heterocycles. The molecule has 212 valence electrons. The summed E-state index contributed by atoms with van der Waals surface area (Å²) in [4.78, 5) is 15.4. The molecule has 45 heavy (non-hydrogen) atoms. The summed E-state index contributed by atoms with van der Waals surface area (Å²) < 4.78 is 6.26. The zero-order chi connectivity index (χ0) is 29.7. The fourth-order valence-electron chi connectivity index (χ4n) is 6.66. The standard InChI is InChI=1S/C41H27N3O/c1-2-12-28(13-3-1)39-42-40(29-24-23-27-22-21-26-11-4-5-14-30(26)35(27)25-29)44-41(43-39)33-16-7-6-15-31(33)32-18-10-20-37-38(32)34-17-8-9-19-36(34)45-37/h1-5,7-14,16-25H,6,15H2. The van der Waals surface area contributed by atoms with Crippen molar-refractivity contribution in [3.05, 3.63) is 151 Å². The molecular weight excluding hydrogens is 550 g/mol. The lowest BCUT2D eigenvalue weighted by molar-refractivity contribution is 0.669. The topological polar surface area (TPSA) is 51.8 Å². The van der Waals surface area contributed by atoms with E-state index in [2.05, 4.69) is 109 Å². The number of rotatable bonds is 4. The lowest BCUT2D eigenvalue weighted by Gasteiger charge is -2.18. The lowest BCUT2D eigenvalue weighted by atomic mass is 9.88. The van der Waals surface area contributed by atoms with Crippen molar-refractivity contribution in [3.63, 3.8) is 0 Å². The minimum absolute atomic E-state index is 0.659. The van der Waals surface area contributed by atoms with E-state index < -0.39 is 0 Å². The first kappa shape index (κ1) is 25.6. The van der Waals surface area contributed by atoms with Crippen LogP contribution < -0.4 is 0 Å². The van der Waals surface area contributed by atoms with E-state index in [-0.39, 0.29) is 0 Å². The smallest absolute Gasteiger partial charge is 0.164 e. The van der Waals surface area contributed by atoms with E-state index in [0.717, 1.165) is 57.0 Å². The molecule has 0 unspecified atom stereocenters. The van der Waals surface area contributed by atoms with E-state index in [1.54, 1.807) is 0 Å². The SMILES string of the molecule is C1=CC(c2nc(-c3ccccc3)nc(-c3ccc4ccc5ccccc5c4c3)n2)=C(c2cccc3oc4ccccc4c23)CC1. The molecule has 0 bridgehead atoms. The number of fused-ring (bicyclic) bond motifs is 6. The van der Waals surface area contributed by atoms with Crippen LogP contribution in [0.4, 0.5) is 0 Å². The molecule has 4 heteroatoms. The Morgan fingerprint density at radius 3 is 2.09 bits per heavy atom. The predicted molar refractivity (Wildman–Crippen MR) is 185 cm³/mol. The summed E-state index contributed by atoms with van der Waals surface area (Å²) in [5.41, 5.74) is 7.10. The number of benzene rings is 6. The maximum absolute atomic E-state index is 6.26. The van der Waals surface area contributed by atoms with E-state index in [0.29, 0.717) is 17.5 Å². The van der Waals surface area contributed by atoms with Gasteiger partial charge in [0.15, 0.2) is 17.5 Å². The van der Waals surface area contributed by atoms with Crippen molar-refractivity contribution in [3.8, 4) is 22.8 Å². The van der Waals surface area contributed by atoms with E-state index in [9.17, 15) is 0 Å². The van der Waals surface area contributed by atoms with E-state index >= 15 is 0 Å². The molecule has 0 N–H and O–H groups in total. The summed E-state index contributed by atoms with van der Waals surface area (Å²) in [6, 6.07) is 44.2. The molecule has 2 heterocycles. The molecule has 0 aliphatic heterocycles. The van der Waals surface area contributed by atoms with Gasteiger partial charge in [-0.25, -0.2) is 15.0 Å². The third kappa shape index (κ3) is 4.34. The predicted octanol–water partition coefficient (Wildman–Crippen LogP) is 10.7. The van der Waals surface area contributed by atoms with Crippen LogP contribution in [-0.2, 0) is 0 Å². The van der Waals surface area contributed by atoms with Crippen molar-refractivity contribution in [1.29, 1.82) is 0 Å². The third-order valence-electron chi connectivity index (χ3n) is 8.81. The molecule has 1 aliphatic rings. The van der Waals surface area contributed by atoms with Crippen LogP contribution in [0.25, 0.3) is 77.4 Å². The molecule has 0 spiro atoms. The van der Waals surface area contributed by atoms with Gasteiger partial charge in [0.1, 0.15) is 11.2 Å². The highest BCUT2D eigenvalue weighted by atomic mass is 16.3. The molecule has 2 aromatic heterocycles. The minimum Gasteiger partial charge on any atom is -0.456 e. The Kier molecular flexibility index (Phi) is 5.91. The zero-order valence-electron chi connectivity index (χ0n) is 24.4. The first-order valence-electron chi connectivity index (χ1n) is 15.3. The Balaban J connectivity index is 1.29. The quantitative estimate of drug-likeness (QED) is 0.195. The maximum atomic E-state index is 6.26. The largest absolute Gasteiger partial charge is 0.456 e. The van der Waals surface area contributed by atoms with Gasteiger partial charge in [-0.3, -0.25) is 0 Å². The third-order valence-corrected chi connectivity index (χ3v) is 8.81. The number of hydrogen-bond acceptors (Lipinski definition) is 4. The number of para-hydroxylation sites is 1. The molecule has 0 saturated carbocycles. The lowest BCUT2D eigenvalue weighted by Crippen LogP contribution is -2.05. The van der Waals surface area contributed by atoms with Crippen molar-refractivity contribution in [2.75, 3.05) is 0 Å². The van der Waals surface area contributed by atoms with E-state index in [1.165, 1.54) is 27.1 Å². The fourth-order valence-corrected chi connectivity index (χ4v) is 6.66. The van der Waals surface area contributed by atoms with Crippen LogP contribution in [0.1, 0.15) is 24.2 Å². The van der Waals surface area contributed by atoms with Gasteiger partial charge in [-0.2, -0.15) is 0 Å². The van der Waals surface area contributed by atoms with Crippen LogP contribution in [0, 0.1) is 0 Å². The normalized spacial score (nSPS) is 13.4. The van der Waals surface area contributed by atoms with Crippen molar-refractivity contribution in [1.82, 2.24) is 15.0 Å². The van der Waals surface area contributed by atoms with E-state index in [4.69, 9.17) is 19.4 Å². The first-order valence-corrected chi connectivity index (χ1v) is 15.3. The molecule has 0 amide bonds. The van der Waals surface area contributed by atoms with Crippen molar-refractivity contribution >= 4 is 54.6 Å². The summed E-state index contributed by atoms with van der Waals surface area (Å²) in [7, 11) is 0. The summed E-state index contributed by atoms with van der Waals surface area (Å²) in [5.74, 6) is 1.99. The second-order valence-corrected chi connectivity index (χ2v) is 11.5. The molecule has 0 fully saturated rings. The summed E-state index contributed by atoms with van der Waals surface area (Å²) in [6.45, 7) is 0. The molecule has 0 atom stereocenters. The maximum Gasteiger partial charge on any atom is 0.164 e. The second kappa shape index (κ2) is 10.4. The van der Waals surface area contributed by atoms with Gasteiger partial charge in [0, 0.05) is 27.5 Å². The summed E-state index contributed by atoms with van der Waals surface area (Å²) in [5, 5.41) is 7.06. The number of nitrogens with zero attached hydrogens (tertiary/aromatic N) is 3. The highest BCUT2D eigenvalue weighted by Crippen LogP contribution is 2.41. The van der Waals surface area contributed by atoms with Crippen LogP contribution in [0.2, 0.25) is 0 Å². The monoisotopic (exact) mass is 577 g/mol. The highest BCUT2D eigenvalue weighted by Gasteiger charge is 2.21. The van der Waals surface area contributed by atoms with Gasteiger partial charge in [0.2, 0.25) is 0 Å². The van der Waals surface area contributed by atoms with Gasteiger partial charge in [0.05, 0.1) is 0 Å². The Bertz CT molecular complexity index is 2490. The number of aromatic nitrogens is 3. The van der Waals surface area contributed by atoms with Crippen LogP contribution in [0.3, 0.4) is 0 Å². The summed E-state index contributed by atoms with van der Waals surface area (Å²) >= 11 is 0. The van der Waals surface area contributed by atoms with Gasteiger partial charge in [0.25, 0.3) is 0 Å². The molecule has 9 rings (SSSR count). The Morgan fingerprint density at radius 1 is 0.511 bits per heavy atom. The Labute approximate surface area is 260 Å². The zero-order valence-corrected chi connectivity index (χ0v) is 24.4. The van der Waals surface area contributed by atoms with Crippen molar-refractivity contribution in [2.24, 2.45) is 0 Å². The van der Waals surface area contributed by atoms with Crippen molar-refractivity contribution < 1.29 is 4.42 Å². The van der Waals surface area contributed by atoms with Gasteiger partial charge >= 0.3 is 0 Å². The molecule has 6 aromatic carbocycles. The first-order chi connectivity index (χ1) is 22.3. The average molecular weight is 578 g/mol. The van der Waals surface area contributed by atoms with Crippen LogP contribution >= 0.6 is 0 Å². The molecule has 4 nitrogen and oxygen atoms in total. The highest BCUT2D eigenvalue weighted by molar-refractivity contribution is 6.13. The fraction of sp³-hybridized carbons (Fsp3) is 0.0488. The Hall–Kier alpha value is -5.87. The minimum atomic E-state index is 0.659. The van der Waals surface area contributed by atoms with Crippen LogP contribution in [0.5, 0.6) is 0 Å². The van der Waals surface area contributed by atoms with Crippen LogP contribution in [0.15, 0.2) is 144 Å². The molecule has 0 radical (unpaired) electrons. The van der Waals surface area contributed by atoms with Gasteiger partial charge in [-0.05, 0) is 63.7 Å². The number of furan rings is 1. The van der Waals surface area contributed by atoms with Gasteiger partial charge in [-0.15, -0.1) is 0 Å². The van der Waals surface area contributed by atoms with E-state index in [1.807, 2.05) is 30.3 Å². The summed E-state index contributed by atoms with van der Waals surface area (Å²) in [6.07, 6.45) is 6.24. The second-order valence-electron chi connectivity index (χ2n) is 11.5. The average Bonchev–Trinajstić information content (AvgIpc) is 3.51. The number of allylic oxidation sites excluding steroid dienone is 4. The number of hydrogen-bond donors (Lipinski definition) is 0. The Morgan fingerprint density at radius 2 is 1.20 bits per heavy atom. The van der Waals surface area contributed by atoms with Gasteiger partial charge < -0.3 is 4.42 Å².